The van der Waals surface area contributed by atoms with E-state index in [0.29, 0.717) is 25.1 Å². The Kier molecular flexibility index (Phi) is 5.32. The summed E-state index contributed by atoms with van der Waals surface area (Å²) in [5.41, 5.74) is 7.03. The van der Waals surface area contributed by atoms with Crippen LogP contribution in [-0.4, -0.2) is 37.4 Å². The fourth-order valence-electron chi connectivity index (χ4n) is 1.40. The minimum Gasteiger partial charge on any atom is -0.352 e. The Morgan fingerprint density at radius 3 is 2.33 bits per heavy atom. The van der Waals surface area contributed by atoms with Gasteiger partial charge < -0.3 is 16.0 Å². The first kappa shape index (κ1) is 14.2. The highest BCUT2D eigenvalue weighted by Gasteiger charge is 2.07. The molecule has 98 valence electrons. The van der Waals surface area contributed by atoms with E-state index in [4.69, 9.17) is 5.73 Å². The van der Waals surface area contributed by atoms with Gasteiger partial charge in [0, 0.05) is 39.2 Å². The smallest absolute Gasteiger partial charge is 0.251 e. The van der Waals surface area contributed by atoms with Crippen molar-refractivity contribution in [2.45, 2.75) is 13.0 Å². The molecule has 1 aromatic carbocycles. The van der Waals surface area contributed by atoms with Crippen LogP contribution in [0.25, 0.3) is 0 Å². The molecule has 0 aliphatic carbocycles. The monoisotopic (exact) mass is 249 g/mol. The quantitative estimate of drug-likeness (QED) is 0.791. The van der Waals surface area contributed by atoms with E-state index >= 15 is 0 Å². The normalized spacial score (nSPS) is 9.94. The molecule has 5 heteroatoms. The molecule has 0 bridgehead atoms. The highest BCUT2D eigenvalue weighted by atomic mass is 16.2. The molecule has 0 aliphatic rings. The topological polar surface area (TPSA) is 75.4 Å². The van der Waals surface area contributed by atoms with Crippen LogP contribution in [0.15, 0.2) is 24.3 Å². The van der Waals surface area contributed by atoms with Crippen molar-refractivity contribution in [3.05, 3.63) is 35.4 Å². The zero-order chi connectivity index (χ0) is 13.5. The minimum atomic E-state index is -0.176. The number of carbonyl (C=O) groups is 2. The third kappa shape index (κ3) is 4.18. The number of hydrogen-bond donors (Lipinski definition) is 2. The summed E-state index contributed by atoms with van der Waals surface area (Å²) in [7, 11) is 3.38. The van der Waals surface area contributed by atoms with Crippen LogP contribution in [-0.2, 0) is 11.3 Å². The minimum absolute atomic E-state index is 0.00576. The molecule has 2 amide bonds. The van der Waals surface area contributed by atoms with E-state index in [1.807, 2.05) is 12.1 Å². The zero-order valence-electron chi connectivity index (χ0n) is 10.8. The van der Waals surface area contributed by atoms with Crippen LogP contribution >= 0.6 is 0 Å². The van der Waals surface area contributed by atoms with E-state index < -0.39 is 0 Å². The second kappa shape index (κ2) is 6.76. The van der Waals surface area contributed by atoms with Gasteiger partial charge in [-0.05, 0) is 17.7 Å². The van der Waals surface area contributed by atoms with Crippen molar-refractivity contribution >= 4 is 11.8 Å². The highest BCUT2D eigenvalue weighted by molar-refractivity contribution is 5.94. The lowest BCUT2D eigenvalue weighted by atomic mass is 10.1. The molecule has 0 atom stereocenters. The molecular weight excluding hydrogens is 230 g/mol. The van der Waals surface area contributed by atoms with Crippen molar-refractivity contribution in [2.75, 3.05) is 20.6 Å². The van der Waals surface area contributed by atoms with Crippen LogP contribution in [0.4, 0.5) is 0 Å². The van der Waals surface area contributed by atoms with E-state index in [-0.39, 0.29) is 11.8 Å². The average Bonchev–Trinajstić information content (AvgIpc) is 2.38. The maximum absolute atomic E-state index is 11.7. The van der Waals surface area contributed by atoms with E-state index in [0.717, 1.165) is 5.56 Å². The first-order chi connectivity index (χ1) is 8.54. The summed E-state index contributed by atoms with van der Waals surface area (Å²) in [6.07, 6.45) is 0.305. The lowest BCUT2D eigenvalue weighted by molar-refractivity contribution is -0.128. The summed E-state index contributed by atoms with van der Waals surface area (Å²) < 4.78 is 0. The Labute approximate surface area is 107 Å². The summed E-state index contributed by atoms with van der Waals surface area (Å²) in [6.45, 7) is 0.799. The van der Waals surface area contributed by atoms with Gasteiger partial charge in [-0.25, -0.2) is 0 Å². The number of amides is 2. The number of hydrogen-bond acceptors (Lipinski definition) is 3. The van der Waals surface area contributed by atoms with E-state index in [1.54, 1.807) is 26.2 Å². The second-order valence-electron chi connectivity index (χ2n) is 4.20. The van der Waals surface area contributed by atoms with Crippen molar-refractivity contribution in [1.82, 2.24) is 10.2 Å². The van der Waals surface area contributed by atoms with Gasteiger partial charge in [-0.1, -0.05) is 12.1 Å². The van der Waals surface area contributed by atoms with Crippen LogP contribution < -0.4 is 11.1 Å². The fourth-order valence-corrected chi connectivity index (χ4v) is 1.40. The summed E-state index contributed by atoms with van der Waals surface area (Å²) in [4.78, 5) is 24.5. The van der Waals surface area contributed by atoms with Crippen molar-refractivity contribution in [3.8, 4) is 0 Å². The molecule has 0 unspecified atom stereocenters. The van der Waals surface area contributed by atoms with Crippen molar-refractivity contribution in [3.63, 3.8) is 0 Å². The van der Waals surface area contributed by atoms with Crippen molar-refractivity contribution in [2.24, 2.45) is 5.73 Å². The van der Waals surface area contributed by atoms with Gasteiger partial charge in [-0.2, -0.15) is 0 Å². The molecule has 0 aliphatic heterocycles. The largest absolute Gasteiger partial charge is 0.352 e. The average molecular weight is 249 g/mol. The molecule has 18 heavy (non-hydrogen) atoms. The molecule has 3 N–H and O–H groups in total. The third-order valence-electron chi connectivity index (χ3n) is 2.58. The molecule has 5 nitrogen and oxygen atoms in total. The number of nitrogens with one attached hydrogen (secondary N) is 1. The standard InChI is InChI=1S/C13H19N3O2/c1-16(2)12(17)7-8-15-13(18)11-5-3-10(9-14)4-6-11/h3-6H,7-9,14H2,1-2H3,(H,15,18). The van der Waals surface area contributed by atoms with Crippen LogP contribution in [0.5, 0.6) is 0 Å². The van der Waals surface area contributed by atoms with Gasteiger partial charge in [-0.3, -0.25) is 9.59 Å². The lowest BCUT2D eigenvalue weighted by Gasteiger charge is -2.10. The Hall–Kier alpha value is -1.88. The van der Waals surface area contributed by atoms with Gasteiger partial charge in [0.1, 0.15) is 0 Å². The van der Waals surface area contributed by atoms with Gasteiger partial charge in [0.15, 0.2) is 0 Å². The predicted molar refractivity (Wildman–Crippen MR) is 70.0 cm³/mol. The molecule has 0 aromatic heterocycles. The Bertz CT molecular complexity index is 413. The maximum Gasteiger partial charge on any atom is 0.251 e. The number of nitrogens with two attached hydrogens (primary N) is 1. The third-order valence-corrected chi connectivity index (χ3v) is 2.58. The van der Waals surface area contributed by atoms with E-state index in [9.17, 15) is 9.59 Å². The molecular formula is C13H19N3O2. The highest BCUT2D eigenvalue weighted by Crippen LogP contribution is 2.03. The summed E-state index contributed by atoms with van der Waals surface area (Å²) in [5.74, 6) is -0.182. The number of rotatable bonds is 5. The van der Waals surface area contributed by atoms with E-state index in [2.05, 4.69) is 5.32 Å². The van der Waals surface area contributed by atoms with Gasteiger partial charge in [0.25, 0.3) is 5.91 Å². The van der Waals surface area contributed by atoms with Crippen LogP contribution in [0.2, 0.25) is 0 Å². The fraction of sp³-hybridized carbons (Fsp3) is 0.385. The first-order valence-electron chi connectivity index (χ1n) is 5.82. The van der Waals surface area contributed by atoms with Gasteiger partial charge >= 0.3 is 0 Å². The van der Waals surface area contributed by atoms with Crippen molar-refractivity contribution in [1.29, 1.82) is 0 Å². The first-order valence-corrected chi connectivity index (χ1v) is 5.82. The molecule has 0 spiro atoms. The molecule has 1 aromatic rings. The lowest BCUT2D eigenvalue weighted by Crippen LogP contribution is -2.30. The van der Waals surface area contributed by atoms with Crippen LogP contribution in [0, 0.1) is 0 Å². The van der Waals surface area contributed by atoms with Crippen LogP contribution in [0.1, 0.15) is 22.3 Å². The van der Waals surface area contributed by atoms with Gasteiger partial charge in [0.05, 0.1) is 0 Å². The second-order valence-corrected chi connectivity index (χ2v) is 4.20. The predicted octanol–water partition coefficient (Wildman–Crippen LogP) is 0.353. The summed E-state index contributed by atoms with van der Waals surface area (Å²) in [5, 5.41) is 2.70. The Balaban J connectivity index is 2.43. The van der Waals surface area contributed by atoms with Gasteiger partial charge in [-0.15, -0.1) is 0 Å². The van der Waals surface area contributed by atoms with Gasteiger partial charge in [0.2, 0.25) is 5.91 Å². The maximum atomic E-state index is 11.7. The van der Waals surface area contributed by atoms with E-state index in [1.165, 1.54) is 4.90 Å². The molecule has 1 rings (SSSR count). The molecule has 0 heterocycles. The summed E-state index contributed by atoms with van der Waals surface area (Å²) >= 11 is 0. The zero-order valence-corrected chi connectivity index (χ0v) is 10.8. The number of benzene rings is 1. The molecule has 0 fully saturated rings. The number of nitrogens with zero attached hydrogens (tertiary/aromatic N) is 1. The number of carbonyl (C=O) groups excluding carboxylic acids is 2. The molecule has 0 saturated heterocycles. The summed E-state index contributed by atoms with van der Waals surface area (Å²) in [6, 6.07) is 7.09. The van der Waals surface area contributed by atoms with Crippen molar-refractivity contribution < 1.29 is 9.59 Å². The SMILES string of the molecule is CN(C)C(=O)CCNC(=O)c1ccc(CN)cc1. The Morgan fingerprint density at radius 2 is 1.83 bits per heavy atom. The Morgan fingerprint density at radius 1 is 1.22 bits per heavy atom. The molecule has 0 saturated carbocycles. The molecule has 0 radical (unpaired) electrons. The van der Waals surface area contributed by atoms with Crippen LogP contribution in [0.3, 0.4) is 0 Å².